The molecule has 19 heavy (non-hydrogen) atoms. The maximum absolute atomic E-state index is 11.1. The molecule has 0 saturated carbocycles. The zero-order chi connectivity index (χ0) is 15.5. The number of hydrogen-bond donors (Lipinski definition) is 2. The van der Waals surface area contributed by atoms with Crippen LogP contribution >= 0.6 is 0 Å². The number of halogens is 6. The van der Waals surface area contributed by atoms with Crippen molar-refractivity contribution in [1.82, 2.24) is 9.80 Å². The number of alkyl halides is 6. The number of hydrogen-bond acceptors (Lipinski definition) is 3. The van der Waals surface area contributed by atoms with Gasteiger partial charge in [-0.25, -0.2) is 0 Å². The van der Waals surface area contributed by atoms with Gasteiger partial charge in [0, 0.05) is 19.4 Å². The lowest BCUT2D eigenvalue weighted by molar-refractivity contribution is -0.0970. The van der Waals surface area contributed by atoms with Crippen molar-refractivity contribution in [3.63, 3.8) is 0 Å². The molecule has 0 aromatic heterocycles. The van der Waals surface area contributed by atoms with Crippen LogP contribution in [0.5, 0.6) is 0 Å². The number of rotatable bonds is 1. The van der Waals surface area contributed by atoms with Crippen LogP contribution in [0.15, 0.2) is 25.2 Å². The molecule has 0 spiro atoms. The number of nitrogens with zero attached hydrogens (tertiary/aromatic N) is 2. The molecule has 0 aromatic carbocycles. The van der Waals surface area contributed by atoms with Crippen LogP contribution < -0.4 is 0 Å². The summed E-state index contributed by atoms with van der Waals surface area (Å²) >= 11 is 0. The van der Waals surface area contributed by atoms with Crippen molar-refractivity contribution in [2.24, 2.45) is 0 Å². The summed E-state index contributed by atoms with van der Waals surface area (Å²) in [7, 11) is -5.03. The lowest BCUT2D eigenvalue weighted by Gasteiger charge is -2.26. The van der Waals surface area contributed by atoms with Gasteiger partial charge in [0.1, 0.15) is 0 Å². The molecule has 0 fully saturated rings. The molecule has 1 rings (SSSR count). The predicted octanol–water partition coefficient (Wildman–Crippen LogP) is 2.32. The Morgan fingerprint density at radius 2 is 1.63 bits per heavy atom. The van der Waals surface area contributed by atoms with Crippen molar-refractivity contribution in [1.29, 1.82) is 0 Å². The summed E-state index contributed by atoms with van der Waals surface area (Å²) < 4.78 is 83.6. The second-order valence-electron chi connectivity index (χ2n) is 3.41. The molecule has 1 heterocycles. The van der Waals surface area contributed by atoms with Gasteiger partial charge < -0.3 is 9.80 Å². The molecule has 1 N–H and O–H groups in total. The average Bonchev–Trinajstić information content (AvgIpc) is 2.62. The van der Waals surface area contributed by atoms with Gasteiger partial charge in [-0.3, -0.25) is 4.55 Å². The van der Waals surface area contributed by atoms with Crippen molar-refractivity contribution in [2.75, 3.05) is 13.7 Å². The predicted molar refractivity (Wildman–Crippen MR) is 58.1 cm³/mol. The Morgan fingerprint density at radius 3 is 1.74 bits per heavy atom. The van der Waals surface area contributed by atoms with Gasteiger partial charge in [-0.05, 0) is 16.4 Å². The van der Waals surface area contributed by atoms with Crippen molar-refractivity contribution in [3.05, 3.63) is 25.2 Å². The minimum atomic E-state index is -7.06. The van der Waals surface area contributed by atoms with Gasteiger partial charge in [-0.15, -0.1) is 0 Å². The van der Waals surface area contributed by atoms with E-state index in [1.165, 1.54) is 0 Å². The molecule has 4 nitrogen and oxygen atoms in total. The van der Waals surface area contributed by atoms with E-state index in [-0.39, 0.29) is 0 Å². The lowest BCUT2D eigenvalue weighted by atomic mass is 10.8. The fraction of sp³-hybridized carbons (Fsp3) is 0.500. The number of thiol groups is 1. The summed E-state index contributed by atoms with van der Waals surface area (Å²) in [6, 6.07) is 0. The van der Waals surface area contributed by atoms with E-state index in [0.29, 0.717) is 0 Å². The molecule has 11 heteroatoms. The maximum Gasteiger partial charge on any atom is 0.497 e. The third-order valence-corrected chi connectivity index (χ3v) is 3.20. The highest BCUT2D eigenvalue weighted by Crippen LogP contribution is 2.40. The fourth-order valence-corrected chi connectivity index (χ4v) is 1.10. The highest BCUT2D eigenvalue weighted by molar-refractivity contribution is 7.99. The Kier molecular flexibility index (Phi) is 5.44. The minimum absolute atomic E-state index is 0.934. The molecule has 0 unspecified atom stereocenters. The third-order valence-electron chi connectivity index (χ3n) is 1.82. The SMILES string of the molecule is C=CN1C=CN(C)C1.O=[SH](O)(C(F)(F)F)C(F)(F)F. The molecular formula is C8H12F6N2O2S. The van der Waals surface area contributed by atoms with Gasteiger partial charge in [0.2, 0.25) is 0 Å². The normalized spacial score (nSPS) is 17.1. The summed E-state index contributed by atoms with van der Waals surface area (Å²) in [5, 5.41) is 0. The van der Waals surface area contributed by atoms with Crippen LogP contribution in [-0.2, 0) is 10.2 Å². The smallest absolute Gasteiger partial charge is 0.361 e. The largest absolute Gasteiger partial charge is 0.497 e. The van der Waals surface area contributed by atoms with Crippen molar-refractivity contribution in [2.45, 2.75) is 11.0 Å². The summed E-state index contributed by atoms with van der Waals surface area (Å²) in [6.07, 6.45) is 5.81. The van der Waals surface area contributed by atoms with Crippen molar-refractivity contribution >= 4 is 10.2 Å². The summed E-state index contributed by atoms with van der Waals surface area (Å²) in [5.74, 6) is 0. The molecule has 0 aromatic rings. The molecule has 0 saturated heterocycles. The zero-order valence-electron chi connectivity index (χ0n) is 9.61. The van der Waals surface area contributed by atoms with Crippen LogP contribution in [0.2, 0.25) is 0 Å². The minimum Gasteiger partial charge on any atom is -0.361 e. The standard InChI is InChI=1S/C6H10N2.C2H2F6O2S/c1-3-8-5-4-7(2)6-8;3-1(4,5)11(9,10)2(6,7)8/h3-5H,1,6H2,2H3;11H,(H,9,10). The van der Waals surface area contributed by atoms with E-state index in [1.807, 2.05) is 24.3 Å². The van der Waals surface area contributed by atoms with Crippen LogP contribution in [0.4, 0.5) is 26.3 Å². The Balaban J connectivity index is 0.000000356. The second-order valence-corrected chi connectivity index (χ2v) is 5.57. The Labute approximate surface area is 106 Å². The Bertz CT molecular complexity index is 374. The van der Waals surface area contributed by atoms with Crippen molar-refractivity contribution < 1.29 is 35.1 Å². The molecule has 0 bridgehead atoms. The van der Waals surface area contributed by atoms with Gasteiger partial charge in [0.25, 0.3) is 0 Å². The van der Waals surface area contributed by atoms with Crippen molar-refractivity contribution in [3.8, 4) is 0 Å². The molecular weight excluding hydrogens is 302 g/mol. The molecule has 0 amide bonds. The zero-order valence-corrected chi connectivity index (χ0v) is 10.5. The van der Waals surface area contributed by atoms with E-state index in [4.69, 9.17) is 4.55 Å². The van der Waals surface area contributed by atoms with Crippen LogP contribution in [0.25, 0.3) is 0 Å². The van der Waals surface area contributed by atoms with Gasteiger partial charge >= 0.3 is 11.0 Å². The third kappa shape index (κ3) is 4.74. The van der Waals surface area contributed by atoms with E-state index in [9.17, 15) is 30.6 Å². The Hall–Kier alpha value is -1.23. The van der Waals surface area contributed by atoms with Gasteiger partial charge in [-0.1, -0.05) is 6.58 Å². The van der Waals surface area contributed by atoms with Crippen LogP contribution in [0.1, 0.15) is 0 Å². The highest BCUT2D eigenvalue weighted by atomic mass is 32.3. The first-order valence-corrected chi connectivity index (χ1v) is 6.22. The fourth-order valence-electron chi connectivity index (χ4n) is 0.814. The molecule has 0 atom stereocenters. The van der Waals surface area contributed by atoms with Crippen LogP contribution in [0, 0.1) is 0 Å². The maximum atomic E-state index is 11.1. The summed E-state index contributed by atoms with van der Waals surface area (Å²) in [6.45, 7) is 4.56. The van der Waals surface area contributed by atoms with E-state index in [2.05, 4.69) is 11.5 Å². The average molecular weight is 314 g/mol. The molecule has 0 aliphatic carbocycles. The first kappa shape index (κ1) is 17.8. The monoisotopic (exact) mass is 314 g/mol. The lowest BCUT2D eigenvalue weighted by Crippen LogP contribution is -2.42. The molecule has 1 aliphatic heterocycles. The summed E-state index contributed by atoms with van der Waals surface area (Å²) in [5.41, 5.74) is -12.3. The molecule has 0 radical (unpaired) electrons. The van der Waals surface area contributed by atoms with Crippen LogP contribution in [-0.4, -0.2) is 43.3 Å². The first-order chi connectivity index (χ1) is 8.33. The van der Waals surface area contributed by atoms with Gasteiger partial charge in [0.15, 0.2) is 0 Å². The van der Waals surface area contributed by atoms with Gasteiger partial charge in [0.05, 0.1) is 6.67 Å². The quantitative estimate of drug-likeness (QED) is 0.576. The highest BCUT2D eigenvalue weighted by Gasteiger charge is 2.57. The Morgan fingerprint density at radius 1 is 1.21 bits per heavy atom. The van der Waals surface area contributed by atoms with Gasteiger partial charge in [-0.2, -0.15) is 30.6 Å². The summed E-state index contributed by atoms with van der Waals surface area (Å²) in [4.78, 5) is 4.10. The topological polar surface area (TPSA) is 43.8 Å². The van der Waals surface area contributed by atoms with E-state index in [0.717, 1.165) is 6.67 Å². The van der Waals surface area contributed by atoms with E-state index in [1.54, 1.807) is 6.20 Å². The first-order valence-electron chi connectivity index (χ1n) is 4.56. The van der Waals surface area contributed by atoms with E-state index < -0.39 is 21.2 Å². The van der Waals surface area contributed by atoms with E-state index >= 15 is 0 Å². The molecule has 114 valence electrons. The molecule has 1 aliphatic rings. The second kappa shape index (κ2) is 5.82. The van der Waals surface area contributed by atoms with Crippen LogP contribution in [0.3, 0.4) is 0 Å².